The van der Waals surface area contributed by atoms with E-state index in [0.29, 0.717) is 5.75 Å². The predicted molar refractivity (Wildman–Crippen MR) is 63.6 cm³/mol. The maximum Gasteiger partial charge on any atom is 0.327 e. The Hall–Kier alpha value is -1.96. The second kappa shape index (κ2) is 4.73. The van der Waals surface area contributed by atoms with Gasteiger partial charge in [-0.2, -0.15) is 0 Å². The van der Waals surface area contributed by atoms with Gasteiger partial charge in [-0.05, 0) is 0 Å². The van der Waals surface area contributed by atoms with E-state index in [2.05, 4.69) is 4.98 Å². The lowest BCUT2D eigenvalue weighted by Crippen LogP contribution is -2.42. The smallest absolute Gasteiger partial charge is 0.327 e. The van der Waals surface area contributed by atoms with Crippen molar-refractivity contribution in [2.24, 2.45) is 0 Å². The van der Waals surface area contributed by atoms with Gasteiger partial charge in [0.2, 0.25) is 0 Å². The number of nitrogens with one attached hydrogen (secondary N) is 1. The third kappa shape index (κ3) is 2.33. The van der Waals surface area contributed by atoms with Crippen LogP contribution < -0.4 is 5.56 Å². The van der Waals surface area contributed by atoms with Crippen LogP contribution in [0.3, 0.4) is 0 Å². The van der Waals surface area contributed by atoms with Crippen LogP contribution in [0.1, 0.15) is 10.4 Å². The van der Waals surface area contributed by atoms with Crippen molar-refractivity contribution >= 4 is 23.6 Å². The number of carboxylic acid groups (broad SMARTS) is 1. The summed E-state index contributed by atoms with van der Waals surface area (Å²) in [6.07, 6.45) is 0. The van der Waals surface area contributed by atoms with Crippen molar-refractivity contribution in [1.29, 1.82) is 0 Å². The lowest BCUT2D eigenvalue weighted by molar-refractivity contribution is -0.140. The number of carbonyl (C=O) groups excluding carboxylic acids is 1. The van der Waals surface area contributed by atoms with Crippen molar-refractivity contribution in [2.45, 2.75) is 6.04 Å². The predicted octanol–water partition coefficient (Wildman–Crippen LogP) is -0.320. The van der Waals surface area contributed by atoms with E-state index in [1.54, 1.807) is 0 Å². The molecule has 1 unspecified atom stereocenters. The topological polar surface area (TPSA) is 111 Å². The van der Waals surface area contributed by atoms with Crippen LogP contribution in [-0.2, 0) is 4.79 Å². The van der Waals surface area contributed by atoms with Gasteiger partial charge >= 0.3 is 5.97 Å². The number of hydrogen-bond acceptors (Lipinski definition) is 5. The highest BCUT2D eigenvalue weighted by atomic mass is 32.2. The Bertz CT molecular complexity index is 555. The van der Waals surface area contributed by atoms with Crippen molar-refractivity contribution in [3.8, 4) is 5.88 Å². The van der Waals surface area contributed by atoms with E-state index in [9.17, 15) is 19.5 Å². The maximum atomic E-state index is 12.1. The van der Waals surface area contributed by atoms with E-state index >= 15 is 0 Å². The van der Waals surface area contributed by atoms with Crippen molar-refractivity contribution < 1.29 is 19.8 Å². The zero-order valence-electron chi connectivity index (χ0n) is 9.12. The van der Waals surface area contributed by atoms with Crippen molar-refractivity contribution in [2.75, 3.05) is 11.6 Å². The molecule has 3 N–H and O–H groups in total. The molecule has 1 atom stereocenters. The summed E-state index contributed by atoms with van der Waals surface area (Å²) in [6, 6.07) is 1.24. The molecule has 8 heteroatoms. The van der Waals surface area contributed by atoms with Crippen LogP contribution in [0, 0.1) is 0 Å². The standard InChI is InChI=1S/C10H10N2O5S/c13-7-1-5(2-8(14)11-7)9(15)12-4-18-3-6(12)10(16)17/h1-2,6H,3-4H2,(H,16,17)(H2,11,13,14). The number of amides is 1. The minimum absolute atomic E-state index is 0.0231. The summed E-state index contributed by atoms with van der Waals surface area (Å²) in [5.41, 5.74) is -0.637. The van der Waals surface area contributed by atoms with Crippen LogP contribution in [-0.4, -0.2) is 49.6 Å². The number of carboxylic acids is 1. The molecule has 7 nitrogen and oxygen atoms in total. The minimum atomic E-state index is -1.08. The van der Waals surface area contributed by atoms with Crippen LogP contribution >= 0.6 is 11.8 Å². The normalized spacial score (nSPS) is 18.9. The fraction of sp³-hybridized carbons (Fsp3) is 0.300. The molecule has 2 heterocycles. The van der Waals surface area contributed by atoms with Crippen LogP contribution in [0.25, 0.3) is 0 Å². The quantitative estimate of drug-likeness (QED) is 0.679. The van der Waals surface area contributed by atoms with Gasteiger partial charge < -0.3 is 15.1 Å². The van der Waals surface area contributed by atoms with Gasteiger partial charge in [0.25, 0.3) is 11.5 Å². The first-order valence-corrected chi connectivity index (χ1v) is 6.19. The zero-order valence-corrected chi connectivity index (χ0v) is 9.94. The van der Waals surface area contributed by atoms with E-state index in [1.165, 1.54) is 16.7 Å². The Morgan fingerprint density at radius 2 is 2.17 bits per heavy atom. The molecule has 0 saturated carbocycles. The van der Waals surface area contributed by atoms with Crippen molar-refractivity contribution in [3.63, 3.8) is 0 Å². The molecule has 0 bridgehead atoms. The Balaban J connectivity index is 2.30. The zero-order chi connectivity index (χ0) is 13.3. The Labute approximate surface area is 105 Å². The van der Waals surface area contributed by atoms with Gasteiger partial charge in [0.15, 0.2) is 5.88 Å². The molecule has 1 aliphatic heterocycles. The minimum Gasteiger partial charge on any atom is -0.494 e. The van der Waals surface area contributed by atoms with Crippen LogP contribution in [0.15, 0.2) is 16.9 Å². The highest BCUT2D eigenvalue weighted by Gasteiger charge is 2.35. The molecule has 2 rings (SSSR count). The molecule has 1 fully saturated rings. The fourth-order valence-electron chi connectivity index (χ4n) is 1.67. The molecule has 1 aliphatic rings. The van der Waals surface area contributed by atoms with Gasteiger partial charge in [0.05, 0.1) is 11.4 Å². The van der Waals surface area contributed by atoms with E-state index in [0.717, 1.165) is 12.1 Å². The number of carbonyl (C=O) groups is 2. The summed E-state index contributed by atoms with van der Waals surface area (Å²) in [7, 11) is 0. The number of aromatic hydroxyl groups is 1. The molecule has 0 aromatic carbocycles. The fourth-order valence-corrected chi connectivity index (χ4v) is 2.81. The van der Waals surface area contributed by atoms with E-state index in [1.807, 2.05) is 0 Å². The molecule has 1 aromatic heterocycles. The Morgan fingerprint density at radius 3 is 2.78 bits per heavy atom. The Morgan fingerprint density at radius 1 is 1.44 bits per heavy atom. The number of aromatic nitrogens is 1. The summed E-state index contributed by atoms with van der Waals surface area (Å²) < 4.78 is 0. The van der Waals surface area contributed by atoms with E-state index in [-0.39, 0.29) is 11.4 Å². The number of nitrogens with zero attached hydrogens (tertiary/aromatic N) is 1. The van der Waals surface area contributed by atoms with Gasteiger partial charge in [-0.1, -0.05) is 0 Å². The first-order valence-electron chi connectivity index (χ1n) is 5.04. The second-order valence-corrected chi connectivity index (χ2v) is 4.75. The first-order chi connectivity index (χ1) is 8.49. The number of aliphatic carboxylic acids is 1. The van der Waals surface area contributed by atoms with Crippen LogP contribution in [0.5, 0.6) is 5.88 Å². The molecule has 1 saturated heterocycles. The SMILES string of the molecule is O=C(O)C1CSCN1C(=O)c1cc(O)[nH]c(=O)c1. The first kappa shape index (κ1) is 12.5. The molecular formula is C10H10N2O5S. The average Bonchev–Trinajstić information content (AvgIpc) is 2.75. The molecule has 1 aromatic rings. The summed E-state index contributed by atoms with van der Waals surface area (Å²) in [5.74, 6) is -1.51. The number of H-pyrrole nitrogens is 1. The monoisotopic (exact) mass is 270 g/mol. The number of hydrogen-bond donors (Lipinski definition) is 3. The highest BCUT2D eigenvalue weighted by Crippen LogP contribution is 2.23. The molecule has 18 heavy (non-hydrogen) atoms. The number of thioether (sulfide) groups is 1. The Kier molecular flexibility index (Phi) is 3.28. The van der Waals surface area contributed by atoms with Gasteiger partial charge in [-0.3, -0.25) is 14.6 Å². The lowest BCUT2D eigenvalue weighted by Gasteiger charge is -2.20. The number of rotatable bonds is 2. The molecule has 0 radical (unpaired) electrons. The second-order valence-electron chi connectivity index (χ2n) is 3.75. The molecule has 96 valence electrons. The van der Waals surface area contributed by atoms with Crippen LogP contribution in [0.2, 0.25) is 0 Å². The van der Waals surface area contributed by atoms with E-state index < -0.39 is 29.4 Å². The molecule has 0 spiro atoms. The number of pyridine rings is 1. The largest absolute Gasteiger partial charge is 0.494 e. The maximum absolute atomic E-state index is 12.1. The van der Waals surface area contributed by atoms with E-state index in [4.69, 9.17) is 5.11 Å². The number of aromatic amines is 1. The van der Waals surface area contributed by atoms with Crippen LogP contribution in [0.4, 0.5) is 0 Å². The molecule has 0 aliphatic carbocycles. The summed E-state index contributed by atoms with van der Waals surface area (Å²) >= 11 is 1.33. The van der Waals surface area contributed by atoms with Gasteiger partial charge in [0.1, 0.15) is 6.04 Å². The lowest BCUT2D eigenvalue weighted by atomic mass is 10.2. The molecular weight excluding hydrogens is 260 g/mol. The van der Waals surface area contributed by atoms with Crippen molar-refractivity contribution in [1.82, 2.24) is 9.88 Å². The van der Waals surface area contributed by atoms with Gasteiger partial charge in [-0.25, -0.2) is 4.79 Å². The van der Waals surface area contributed by atoms with Gasteiger partial charge in [-0.15, -0.1) is 11.8 Å². The highest BCUT2D eigenvalue weighted by molar-refractivity contribution is 7.99. The summed E-state index contributed by atoms with van der Waals surface area (Å²) in [6.45, 7) is 0. The van der Waals surface area contributed by atoms with Crippen molar-refractivity contribution in [3.05, 3.63) is 28.0 Å². The average molecular weight is 270 g/mol. The van der Waals surface area contributed by atoms with Gasteiger partial charge in [0, 0.05) is 17.9 Å². The summed E-state index contributed by atoms with van der Waals surface area (Å²) in [5, 5.41) is 18.2. The third-order valence-corrected chi connectivity index (χ3v) is 3.52. The summed E-state index contributed by atoms with van der Waals surface area (Å²) in [4.78, 5) is 37.4. The molecule has 1 amide bonds. The third-order valence-electron chi connectivity index (χ3n) is 2.51.